The fraction of sp³-hybridized carbons (Fsp3) is 0.111. The summed E-state index contributed by atoms with van der Waals surface area (Å²) in [6.45, 7) is 0. The Labute approximate surface area is 100 Å². The van der Waals surface area contributed by atoms with Gasteiger partial charge < -0.3 is 15.7 Å². The molecule has 6 N–H and O–H groups in total. The first-order chi connectivity index (χ1) is 8.49. The zero-order chi connectivity index (χ0) is 13.3. The number of nitrogens with one attached hydrogen (secondary N) is 2. The van der Waals surface area contributed by atoms with E-state index in [0.717, 1.165) is 0 Å². The summed E-state index contributed by atoms with van der Waals surface area (Å²) in [4.78, 5) is 26.9. The number of nitrogens with two attached hydrogens (primary N) is 2. The maximum Gasteiger partial charge on any atom is 0.325 e. The van der Waals surface area contributed by atoms with E-state index in [9.17, 15) is 9.59 Å². The molecule has 0 aromatic carbocycles. The molecule has 0 atom stereocenters. The van der Waals surface area contributed by atoms with Crippen LogP contribution in [-0.4, -0.2) is 27.2 Å². The molecule has 18 heavy (non-hydrogen) atoms. The summed E-state index contributed by atoms with van der Waals surface area (Å²) < 4.78 is 0. The molecule has 0 amide bonds. The second-order valence-electron chi connectivity index (χ2n) is 3.60. The highest BCUT2D eigenvalue weighted by Crippen LogP contribution is 2.21. The van der Waals surface area contributed by atoms with E-state index in [-0.39, 0.29) is 17.1 Å². The van der Waals surface area contributed by atoms with Gasteiger partial charge in [-0.05, 0) is 6.07 Å². The Morgan fingerprint density at radius 2 is 2.06 bits per heavy atom. The maximum atomic E-state index is 11.6. The number of rotatable bonds is 2. The lowest BCUT2D eigenvalue weighted by atomic mass is 10.2. The minimum atomic E-state index is -0.594. The van der Waals surface area contributed by atoms with E-state index in [4.69, 9.17) is 11.6 Å². The van der Waals surface area contributed by atoms with E-state index < -0.39 is 11.2 Å². The minimum absolute atomic E-state index is 0.143. The molecule has 2 heterocycles. The molecule has 9 heteroatoms. The molecule has 0 aliphatic carbocycles. The summed E-state index contributed by atoms with van der Waals surface area (Å²) in [5, 5.41) is 8.74. The second-order valence-corrected chi connectivity index (χ2v) is 3.60. The zero-order valence-electron chi connectivity index (χ0n) is 9.47. The summed E-state index contributed by atoms with van der Waals surface area (Å²) in [5.41, 5.74) is 5.28. The van der Waals surface area contributed by atoms with Crippen LogP contribution in [0.2, 0.25) is 0 Å². The van der Waals surface area contributed by atoms with Crippen molar-refractivity contribution in [3.8, 4) is 11.3 Å². The van der Waals surface area contributed by atoms with Crippen LogP contribution in [0.25, 0.3) is 11.3 Å². The van der Waals surface area contributed by atoms with Crippen LogP contribution in [0, 0.1) is 0 Å². The van der Waals surface area contributed by atoms with Crippen LogP contribution in [0.4, 0.5) is 11.5 Å². The average molecular weight is 249 g/mol. The highest BCUT2D eigenvalue weighted by molar-refractivity contribution is 5.69. The van der Waals surface area contributed by atoms with Crippen LogP contribution in [0.1, 0.15) is 0 Å². The van der Waals surface area contributed by atoms with Crippen molar-refractivity contribution in [2.24, 2.45) is 5.84 Å². The first-order valence-electron chi connectivity index (χ1n) is 4.93. The standard InChI is InChI=1S/C9H11N7O2/c1-16(11)6-2-5(14-15-7(6)10)4-3-12-9(18)13-8(4)17/h2-3H,11H2,1H3,(H2,10,15)(H2,12,13,17,18). The lowest BCUT2D eigenvalue weighted by Gasteiger charge is -2.13. The lowest BCUT2D eigenvalue weighted by molar-refractivity contribution is 0.968. The predicted octanol–water partition coefficient (Wildman–Crippen LogP) is -1.59. The van der Waals surface area contributed by atoms with E-state index in [1.165, 1.54) is 17.3 Å². The smallest absolute Gasteiger partial charge is 0.325 e. The molecule has 2 rings (SSSR count). The Hall–Kier alpha value is -2.68. The molecule has 0 saturated heterocycles. The van der Waals surface area contributed by atoms with Crippen LogP contribution in [0.5, 0.6) is 0 Å². The van der Waals surface area contributed by atoms with Crippen LogP contribution >= 0.6 is 0 Å². The van der Waals surface area contributed by atoms with Gasteiger partial charge in [0, 0.05) is 13.2 Å². The Morgan fingerprint density at radius 1 is 1.33 bits per heavy atom. The van der Waals surface area contributed by atoms with Gasteiger partial charge in [0.15, 0.2) is 5.82 Å². The number of hydrogen-bond acceptors (Lipinski definition) is 7. The van der Waals surface area contributed by atoms with E-state index in [1.807, 2.05) is 0 Å². The number of anilines is 2. The quantitative estimate of drug-likeness (QED) is 0.370. The molecule has 0 radical (unpaired) electrons. The molecule has 94 valence electrons. The first-order valence-corrected chi connectivity index (χ1v) is 4.93. The Kier molecular flexibility index (Phi) is 2.81. The van der Waals surface area contributed by atoms with Crippen LogP contribution < -0.4 is 27.8 Å². The molecule has 0 bridgehead atoms. The van der Waals surface area contributed by atoms with Gasteiger partial charge in [-0.25, -0.2) is 10.6 Å². The molecule has 9 nitrogen and oxygen atoms in total. The van der Waals surface area contributed by atoms with Gasteiger partial charge in [0.2, 0.25) is 0 Å². The number of aromatic amines is 2. The van der Waals surface area contributed by atoms with Crippen molar-refractivity contribution in [2.45, 2.75) is 0 Å². The fourth-order valence-corrected chi connectivity index (χ4v) is 1.41. The molecular weight excluding hydrogens is 238 g/mol. The molecule has 0 spiro atoms. The third-order valence-electron chi connectivity index (χ3n) is 2.28. The second kappa shape index (κ2) is 4.30. The van der Waals surface area contributed by atoms with Gasteiger partial charge in [0.05, 0.1) is 11.3 Å². The van der Waals surface area contributed by atoms with Gasteiger partial charge in [-0.15, -0.1) is 10.2 Å². The molecule has 0 aliphatic rings. The van der Waals surface area contributed by atoms with Gasteiger partial charge >= 0.3 is 5.69 Å². The van der Waals surface area contributed by atoms with E-state index in [2.05, 4.69) is 20.2 Å². The Morgan fingerprint density at radius 3 is 2.67 bits per heavy atom. The number of nitrogens with zero attached hydrogens (tertiary/aromatic N) is 3. The zero-order valence-corrected chi connectivity index (χ0v) is 9.47. The van der Waals surface area contributed by atoms with Crippen molar-refractivity contribution in [3.05, 3.63) is 33.1 Å². The molecule has 0 unspecified atom stereocenters. The van der Waals surface area contributed by atoms with Gasteiger partial charge in [0.25, 0.3) is 5.56 Å². The number of nitrogen functional groups attached to an aromatic ring is 1. The van der Waals surface area contributed by atoms with Crippen LogP contribution in [0.15, 0.2) is 21.9 Å². The number of hydrazine groups is 1. The number of aromatic nitrogens is 4. The van der Waals surface area contributed by atoms with Crippen molar-refractivity contribution in [2.75, 3.05) is 17.8 Å². The minimum Gasteiger partial charge on any atom is -0.380 e. The maximum absolute atomic E-state index is 11.6. The van der Waals surface area contributed by atoms with Gasteiger partial charge in [0.1, 0.15) is 5.69 Å². The summed E-state index contributed by atoms with van der Waals surface area (Å²) >= 11 is 0. The fourth-order valence-electron chi connectivity index (χ4n) is 1.41. The Bertz CT molecular complexity index is 688. The first kappa shape index (κ1) is 11.8. The molecular formula is C9H11N7O2. The number of H-pyrrole nitrogens is 2. The van der Waals surface area contributed by atoms with Crippen LogP contribution in [-0.2, 0) is 0 Å². The van der Waals surface area contributed by atoms with E-state index in [1.54, 1.807) is 7.05 Å². The topological polar surface area (TPSA) is 147 Å². The van der Waals surface area contributed by atoms with E-state index in [0.29, 0.717) is 5.69 Å². The molecule has 2 aromatic heterocycles. The summed E-state index contributed by atoms with van der Waals surface area (Å²) in [6, 6.07) is 1.51. The third kappa shape index (κ3) is 2.06. The van der Waals surface area contributed by atoms with E-state index >= 15 is 0 Å². The van der Waals surface area contributed by atoms with Crippen molar-refractivity contribution >= 4 is 11.5 Å². The van der Waals surface area contributed by atoms with Crippen LogP contribution in [0.3, 0.4) is 0 Å². The average Bonchev–Trinajstić information content (AvgIpc) is 2.30. The SMILES string of the molecule is CN(N)c1cc(-c2c[nH]c(=O)[nH]c2=O)nnc1N. The van der Waals surface area contributed by atoms with Gasteiger partial charge in [-0.2, -0.15) is 0 Å². The lowest BCUT2D eigenvalue weighted by Crippen LogP contribution is -2.27. The van der Waals surface area contributed by atoms with Crippen molar-refractivity contribution in [1.29, 1.82) is 0 Å². The summed E-state index contributed by atoms with van der Waals surface area (Å²) in [5.74, 6) is 5.71. The Balaban J connectivity index is 2.61. The summed E-state index contributed by atoms with van der Waals surface area (Å²) in [6.07, 6.45) is 1.25. The third-order valence-corrected chi connectivity index (χ3v) is 2.28. The molecule has 0 fully saturated rings. The largest absolute Gasteiger partial charge is 0.380 e. The van der Waals surface area contributed by atoms with Gasteiger partial charge in [-0.1, -0.05) is 0 Å². The highest BCUT2D eigenvalue weighted by Gasteiger charge is 2.11. The number of hydrogen-bond donors (Lipinski definition) is 4. The molecule has 2 aromatic rings. The van der Waals surface area contributed by atoms with Crippen molar-refractivity contribution in [1.82, 2.24) is 20.2 Å². The van der Waals surface area contributed by atoms with Gasteiger partial charge in [-0.3, -0.25) is 9.78 Å². The molecule has 0 saturated carbocycles. The highest BCUT2D eigenvalue weighted by atomic mass is 16.2. The van der Waals surface area contributed by atoms with Crippen molar-refractivity contribution < 1.29 is 0 Å². The normalized spacial score (nSPS) is 10.3. The molecule has 0 aliphatic heterocycles. The summed E-state index contributed by atoms with van der Waals surface area (Å²) in [7, 11) is 1.58. The predicted molar refractivity (Wildman–Crippen MR) is 65.7 cm³/mol. The monoisotopic (exact) mass is 249 g/mol. The van der Waals surface area contributed by atoms with Crippen molar-refractivity contribution in [3.63, 3.8) is 0 Å².